The van der Waals surface area contributed by atoms with E-state index in [-0.39, 0.29) is 5.92 Å². The third kappa shape index (κ3) is 8.21. The van der Waals surface area contributed by atoms with Gasteiger partial charge in [0.1, 0.15) is 11.6 Å². The number of halogens is 5. The van der Waals surface area contributed by atoms with Crippen molar-refractivity contribution in [2.75, 3.05) is 0 Å². The van der Waals surface area contributed by atoms with Crippen LogP contribution in [0.2, 0.25) is 0 Å². The van der Waals surface area contributed by atoms with Crippen LogP contribution in [0.3, 0.4) is 0 Å². The fourth-order valence-electron chi connectivity index (χ4n) is 7.64. The van der Waals surface area contributed by atoms with Gasteiger partial charge in [0.2, 0.25) is 0 Å². The van der Waals surface area contributed by atoms with E-state index in [2.05, 4.69) is 6.92 Å². The summed E-state index contributed by atoms with van der Waals surface area (Å²) in [5, 5.41) is 0. The maximum absolute atomic E-state index is 14.4. The highest BCUT2D eigenvalue weighted by atomic mass is 19.4. The summed E-state index contributed by atoms with van der Waals surface area (Å²) in [5.74, 6) is 4.95. The Morgan fingerprint density at radius 3 is 1.57 bits per heavy atom. The quantitative estimate of drug-likeness (QED) is 0.247. The molecule has 0 bridgehead atoms. The predicted molar refractivity (Wildman–Crippen MR) is 139 cm³/mol. The Morgan fingerprint density at radius 1 is 0.676 bits per heavy atom. The minimum atomic E-state index is -4.78. The summed E-state index contributed by atoms with van der Waals surface area (Å²) in [6, 6.07) is 2.38. The molecule has 3 fully saturated rings. The molecule has 0 amide bonds. The molecule has 0 radical (unpaired) electrons. The summed E-state index contributed by atoms with van der Waals surface area (Å²) < 4.78 is 65.7. The summed E-state index contributed by atoms with van der Waals surface area (Å²) >= 11 is 0. The van der Waals surface area contributed by atoms with Gasteiger partial charge in [0.15, 0.2) is 0 Å². The smallest absolute Gasteiger partial charge is 0.206 e. The van der Waals surface area contributed by atoms with E-state index in [0.717, 1.165) is 55.3 Å². The summed E-state index contributed by atoms with van der Waals surface area (Å²) in [7, 11) is 0. The van der Waals surface area contributed by atoms with Crippen LogP contribution in [0.1, 0.15) is 127 Å². The van der Waals surface area contributed by atoms with E-state index in [1.54, 1.807) is 5.92 Å². The highest BCUT2D eigenvalue weighted by molar-refractivity contribution is 5.40. The molecule has 0 nitrogen and oxygen atoms in total. The van der Waals surface area contributed by atoms with E-state index in [0.29, 0.717) is 11.5 Å². The molecule has 3 aliphatic carbocycles. The Balaban J connectivity index is 1.19. The predicted octanol–water partition coefficient (Wildman–Crippen LogP) is 10.3. The van der Waals surface area contributed by atoms with E-state index >= 15 is 0 Å². The molecule has 0 saturated heterocycles. The first kappa shape index (κ1) is 28.4. The number of alkyl halides is 3. The molecule has 0 heterocycles. The summed E-state index contributed by atoms with van der Waals surface area (Å²) in [6.07, 6.45) is 15.8. The number of hydrogen-bond acceptors (Lipinski definition) is 0. The van der Waals surface area contributed by atoms with Crippen LogP contribution in [-0.4, -0.2) is 6.18 Å². The Labute approximate surface area is 220 Å². The molecule has 37 heavy (non-hydrogen) atoms. The van der Waals surface area contributed by atoms with Crippen LogP contribution >= 0.6 is 0 Å². The fourth-order valence-corrected chi connectivity index (χ4v) is 7.64. The van der Waals surface area contributed by atoms with E-state index in [1.165, 1.54) is 89.2 Å². The standard InChI is InChI=1S/C32H43F5/c1-2-3-22-4-6-23(7-5-22)8-9-24-10-12-25(13-11-24)26-14-16-27(17-15-26)28-20-30(33)29(31(34)21-28)18-19-32(35,36)37/h20-27H,2-17H2,1H3. The average molecular weight is 523 g/mol. The number of benzene rings is 1. The van der Waals surface area contributed by atoms with E-state index in [4.69, 9.17) is 0 Å². The Hall–Kier alpha value is -1.57. The topological polar surface area (TPSA) is 0 Å². The number of rotatable bonds is 7. The third-order valence-electron chi connectivity index (χ3n) is 9.84. The van der Waals surface area contributed by atoms with Crippen molar-refractivity contribution >= 4 is 0 Å². The Kier molecular flexibility index (Phi) is 9.98. The molecule has 0 aliphatic heterocycles. The van der Waals surface area contributed by atoms with Gasteiger partial charge in [-0.1, -0.05) is 77.1 Å². The van der Waals surface area contributed by atoms with Crippen molar-refractivity contribution in [3.05, 3.63) is 34.9 Å². The van der Waals surface area contributed by atoms with Gasteiger partial charge < -0.3 is 0 Å². The highest BCUT2D eigenvalue weighted by Gasteiger charge is 2.32. The van der Waals surface area contributed by atoms with Crippen molar-refractivity contribution in [2.24, 2.45) is 29.6 Å². The molecule has 0 aromatic heterocycles. The third-order valence-corrected chi connectivity index (χ3v) is 9.84. The second kappa shape index (κ2) is 13.0. The highest BCUT2D eigenvalue weighted by Crippen LogP contribution is 2.45. The molecule has 206 valence electrons. The molecule has 0 N–H and O–H groups in total. The summed E-state index contributed by atoms with van der Waals surface area (Å²) in [4.78, 5) is 0. The molecule has 4 rings (SSSR count). The van der Waals surface area contributed by atoms with Crippen molar-refractivity contribution in [3.63, 3.8) is 0 Å². The van der Waals surface area contributed by atoms with Crippen LogP contribution in [0, 0.1) is 53.1 Å². The van der Waals surface area contributed by atoms with Crippen molar-refractivity contribution in [1.29, 1.82) is 0 Å². The van der Waals surface area contributed by atoms with Gasteiger partial charge in [0.25, 0.3) is 0 Å². The fraction of sp³-hybridized carbons (Fsp3) is 0.750. The van der Waals surface area contributed by atoms with E-state index in [1.807, 2.05) is 0 Å². The number of hydrogen-bond donors (Lipinski definition) is 0. The molecule has 0 spiro atoms. The van der Waals surface area contributed by atoms with Gasteiger partial charge in [0.05, 0.1) is 5.56 Å². The first-order valence-electron chi connectivity index (χ1n) is 14.8. The van der Waals surface area contributed by atoms with Crippen LogP contribution < -0.4 is 0 Å². The molecule has 1 aromatic rings. The molecular weight excluding hydrogens is 479 g/mol. The van der Waals surface area contributed by atoms with Gasteiger partial charge in [0, 0.05) is 5.92 Å². The second-order valence-corrected chi connectivity index (χ2v) is 12.3. The van der Waals surface area contributed by atoms with Crippen molar-refractivity contribution < 1.29 is 22.0 Å². The second-order valence-electron chi connectivity index (χ2n) is 12.3. The van der Waals surface area contributed by atoms with Gasteiger partial charge >= 0.3 is 6.18 Å². The lowest BCUT2D eigenvalue weighted by atomic mass is 9.67. The van der Waals surface area contributed by atoms with E-state index in [9.17, 15) is 22.0 Å². The maximum Gasteiger partial charge on any atom is 0.458 e. The van der Waals surface area contributed by atoms with Crippen molar-refractivity contribution in [3.8, 4) is 11.8 Å². The SMILES string of the molecule is CCCC1CCC(CCC2CCC(C3CCC(c4cc(F)c(C#CC(F)(F)F)c(F)c4)CC3)CC2)CC1. The molecule has 3 aliphatic rings. The molecule has 5 heteroatoms. The molecule has 0 atom stereocenters. The van der Waals surface area contributed by atoms with Gasteiger partial charge in [-0.3, -0.25) is 0 Å². The van der Waals surface area contributed by atoms with Gasteiger partial charge in [-0.25, -0.2) is 8.78 Å². The van der Waals surface area contributed by atoms with Gasteiger partial charge in [-0.15, -0.1) is 0 Å². The molecule has 0 unspecified atom stereocenters. The summed E-state index contributed by atoms with van der Waals surface area (Å²) in [6.45, 7) is 2.30. The van der Waals surface area contributed by atoms with Crippen molar-refractivity contribution in [2.45, 2.75) is 122 Å². The largest absolute Gasteiger partial charge is 0.458 e. The summed E-state index contributed by atoms with van der Waals surface area (Å²) in [5.41, 5.74) is -0.242. The van der Waals surface area contributed by atoms with Gasteiger partial charge in [-0.2, -0.15) is 13.2 Å². The van der Waals surface area contributed by atoms with Crippen LogP contribution in [0.25, 0.3) is 0 Å². The van der Waals surface area contributed by atoms with Crippen LogP contribution in [0.15, 0.2) is 12.1 Å². The molecular formula is C32H43F5. The zero-order valence-corrected chi connectivity index (χ0v) is 22.3. The monoisotopic (exact) mass is 522 g/mol. The lowest BCUT2D eigenvalue weighted by Gasteiger charge is -2.38. The first-order valence-corrected chi connectivity index (χ1v) is 14.8. The van der Waals surface area contributed by atoms with E-state index < -0.39 is 23.4 Å². The lowest BCUT2D eigenvalue weighted by molar-refractivity contribution is -0.0696. The van der Waals surface area contributed by atoms with Crippen LogP contribution in [-0.2, 0) is 0 Å². The zero-order valence-electron chi connectivity index (χ0n) is 22.3. The van der Waals surface area contributed by atoms with Crippen LogP contribution in [0.4, 0.5) is 22.0 Å². The Bertz CT molecular complexity index is 892. The minimum absolute atomic E-state index is 0.0635. The molecule has 1 aromatic carbocycles. The first-order chi connectivity index (χ1) is 17.7. The normalized spacial score (nSPS) is 31.0. The van der Waals surface area contributed by atoms with Crippen LogP contribution in [0.5, 0.6) is 0 Å². The van der Waals surface area contributed by atoms with Gasteiger partial charge in [-0.05, 0) is 91.7 Å². The van der Waals surface area contributed by atoms with Crippen molar-refractivity contribution in [1.82, 2.24) is 0 Å². The maximum atomic E-state index is 14.4. The minimum Gasteiger partial charge on any atom is -0.206 e. The average Bonchev–Trinajstić information content (AvgIpc) is 2.88. The Morgan fingerprint density at radius 2 is 1.11 bits per heavy atom. The lowest BCUT2D eigenvalue weighted by Crippen LogP contribution is -2.26. The molecule has 3 saturated carbocycles. The zero-order chi connectivity index (χ0) is 26.4.